The van der Waals surface area contributed by atoms with Gasteiger partial charge in [0.25, 0.3) is 10.0 Å². The van der Waals surface area contributed by atoms with Gasteiger partial charge in [-0.05, 0) is 48.5 Å². The minimum atomic E-state index is -4.03. The fraction of sp³-hybridized carbons (Fsp3) is 0.0588. The maximum Gasteiger partial charge on any atom is 0.335 e. The number of fused-ring (bicyclic) bond motifs is 1. The SMILES string of the molecule is COc1ccc2nc(Cl)ccc2c1S(=O)(=O)Nc1ccc(C(=O)O)cc1. The standard InChI is InChI=1S/C17H13ClN2O5S/c1-25-14-8-7-13-12(6-9-15(18)19-13)16(14)26(23,24)20-11-4-2-10(3-5-11)17(21)22/h2-9,20H,1H3,(H,21,22). The van der Waals surface area contributed by atoms with Gasteiger partial charge in [-0.1, -0.05) is 11.6 Å². The molecule has 9 heteroatoms. The summed E-state index contributed by atoms with van der Waals surface area (Å²) in [5.74, 6) is -0.950. The number of pyridine rings is 1. The molecule has 0 saturated carbocycles. The Bertz CT molecular complexity index is 1100. The average molecular weight is 393 g/mol. The van der Waals surface area contributed by atoms with Crippen molar-refractivity contribution >= 4 is 44.2 Å². The van der Waals surface area contributed by atoms with Gasteiger partial charge in [-0.15, -0.1) is 0 Å². The van der Waals surface area contributed by atoms with Crippen molar-refractivity contribution in [3.8, 4) is 5.75 Å². The Labute approximate surface area is 154 Å². The predicted molar refractivity (Wildman–Crippen MR) is 97.5 cm³/mol. The normalized spacial score (nSPS) is 11.3. The van der Waals surface area contributed by atoms with Crippen LogP contribution in [0.3, 0.4) is 0 Å². The zero-order valence-corrected chi connectivity index (χ0v) is 15.0. The predicted octanol–water partition coefficient (Wildman–Crippen LogP) is 3.40. The third kappa shape index (κ3) is 3.42. The van der Waals surface area contributed by atoms with Gasteiger partial charge in [-0.2, -0.15) is 0 Å². The van der Waals surface area contributed by atoms with Crippen molar-refractivity contribution in [2.24, 2.45) is 0 Å². The van der Waals surface area contributed by atoms with Gasteiger partial charge in [-0.3, -0.25) is 4.72 Å². The number of ether oxygens (including phenoxy) is 1. The number of nitrogens with zero attached hydrogens (tertiary/aromatic N) is 1. The number of hydrogen-bond acceptors (Lipinski definition) is 5. The van der Waals surface area contributed by atoms with Crippen molar-refractivity contribution in [1.82, 2.24) is 4.98 Å². The molecule has 7 nitrogen and oxygen atoms in total. The maximum atomic E-state index is 12.9. The van der Waals surface area contributed by atoms with Gasteiger partial charge in [0, 0.05) is 11.1 Å². The Hall–Kier alpha value is -2.84. The molecule has 2 aromatic carbocycles. The fourth-order valence-corrected chi connectivity index (χ4v) is 4.04. The lowest BCUT2D eigenvalue weighted by Gasteiger charge is -2.14. The number of carboxylic acids is 1. The topological polar surface area (TPSA) is 106 Å². The molecule has 1 heterocycles. The van der Waals surface area contributed by atoms with Gasteiger partial charge in [0.1, 0.15) is 15.8 Å². The number of methoxy groups -OCH3 is 1. The van der Waals surface area contributed by atoms with Gasteiger partial charge >= 0.3 is 5.97 Å². The first kappa shape index (κ1) is 18.0. The smallest absolute Gasteiger partial charge is 0.335 e. The third-order valence-electron chi connectivity index (χ3n) is 3.62. The summed E-state index contributed by atoms with van der Waals surface area (Å²) in [4.78, 5) is 14.9. The van der Waals surface area contributed by atoms with E-state index in [-0.39, 0.29) is 27.0 Å². The van der Waals surface area contributed by atoms with Gasteiger partial charge in [0.2, 0.25) is 0 Å². The Kier molecular flexibility index (Phi) is 4.71. The number of aromatic carboxylic acids is 1. The Morgan fingerprint density at radius 2 is 1.81 bits per heavy atom. The lowest BCUT2D eigenvalue weighted by molar-refractivity contribution is 0.0697. The number of carbonyl (C=O) groups is 1. The van der Waals surface area contributed by atoms with Gasteiger partial charge in [0.05, 0.1) is 18.2 Å². The highest BCUT2D eigenvalue weighted by atomic mass is 35.5. The molecule has 0 aliphatic rings. The van der Waals surface area contributed by atoms with Crippen molar-refractivity contribution in [2.75, 3.05) is 11.8 Å². The maximum absolute atomic E-state index is 12.9. The van der Waals surface area contributed by atoms with Gasteiger partial charge in [-0.25, -0.2) is 18.2 Å². The summed E-state index contributed by atoms with van der Waals surface area (Å²) in [5.41, 5.74) is 0.672. The van der Waals surface area contributed by atoms with E-state index in [9.17, 15) is 13.2 Å². The number of hydrogen-bond donors (Lipinski definition) is 2. The van der Waals surface area contributed by atoms with E-state index in [4.69, 9.17) is 21.4 Å². The summed E-state index contributed by atoms with van der Waals surface area (Å²) < 4.78 is 33.5. The molecule has 0 unspecified atom stereocenters. The molecular formula is C17H13ClN2O5S. The number of rotatable bonds is 5. The van der Waals surface area contributed by atoms with Crippen LogP contribution in [0.4, 0.5) is 5.69 Å². The van der Waals surface area contributed by atoms with Crippen molar-refractivity contribution in [3.05, 3.63) is 59.2 Å². The highest BCUT2D eigenvalue weighted by Crippen LogP contribution is 2.33. The molecule has 0 saturated heterocycles. The number of halogens is 1. The van der Waals surface area contributed by atoms with Crippen LogP contribution >= 0.6 is 11.6 Å². The first-order chi connectivity index (χ1) is 12.3. The first-order valence-electron chi connectivity index (χ1n) is 7.31. The lowest BCUT2D eigenvalue weighted by Crippen LogP contribution is -2.15. The summed E-state index contributed by atoms with van der Waals surface area (Å²) in [5, 5.41) is 9.51. The highest BCUT2D eigenvalue weighted by Gasteiger charge is 2.23. The molecule has 0 spiro atoms. The fourth-order valence-electron chi connectivity index (χ4n) is 2.46. The van der Waals surface area contributed by atoms with E-state index in [2.05, 4.69) is 9.71 Å². The molecule has 0 atom stereocenters. The van der Waals surface area contributed by atoms with Gasteiger partial charge < -0.3 is 9.84 Å². The average Bonchev–Trinajstić information content (AvgIpc) is 2.60. The van der Waals surface area contributed by atoms with Crippen LogP contribution < -0.4 is 9.46 Å². The number of benzene rings is 2. The summed E-state index contributed by atoms with van der Waals surface area (Å²) >= 11 is 5.87. The van der Waals surface area contributed by atoms with Crippen LogP contribution in [-0.2, 0) is 10.0 Å². The van der Waals surface area contributed by atoms with E-state index < -0.39 is 16.0 Å². The van der Waals surface area contributed by atoms with Crippen LogP contribution in [0, 0.1) is 0 Å². The molecule has 0 fully saturated rings. The zero-order valence-electron chi connectivity index (χ0n) is 13.4. The van der Waals surface area contributed by atoms with Crippen molar-refractivity contribution < 1.29 is 23.1 Å². The van der Waals surface area contributed by atoms with Crippen LogP contribution in [0.25, 0.3) is 10.9 Å². The summed E-state index contributed by atoms with van der Waals surface area (Å²) in [7, 11) is -2.67. The minimum Gasteiger partial charge on any atom is -0.495 e. The molecule has 134 valence electrons. The number of sulfonamides is 1. The molecular weight excluding hydrogens is 380 g/mol. The number of aromatic nitrogens is 1. The Morgan fingerprint density at radius 3 is 2.42 bits per heavy atom. The van der Waals surface area contributed by atoms with Crippen molar-refractivity contribution in [1.29, 1.82) is 0 Å². The zero-order chi connectivity index (χ0) is 18.9. The quantitative estimate of drug-likeness (QED) is 0.644. The minimum absolute atomic E-state index is 0.0505. The van der Waals surface area contributed by atoms with E-state index in [1.165, 1.54) is 43.5 Å². The van der Waals surface area contributed by atoms with Crippen molar-refractivity contribution in [2.45, 2.75) is 4.90 Å². The molecule has 2 N–H and O–H groups in total. The van der Waals surface area contributed by atoms with Crippen LogP contribution in [0.1, 0.15) is 10.4 Å². The molecule has 3 rings (SSSR count). The van der Waals surface area contributed by atoms with E-state index in [0.717, 1.165) is 0 Å². The molecule has 0 aliphatic heterocycles. The molecule has 0 radical (unpaired) electrons. The van der Waals surface area contributed by atoms with Crippen LogP contribution in [0.5, 0.6) is 5.75 Å². The highest BCUT2D eigenvalue weighted by molar-refractivity contribution is 7.93. The summed E-state index contributed by atoms with van der Waals surface area (Å²) in [6, 6.07) is 11.5. The van der Waals surface area contributed by atoms with E-state index in [0.29, 0.717) is 10.9 Å². The molecule has 0 amide bonds. The number of carboxylic acid groups (broad SMARTS) is 1. The van der Waals surface area contributed by atoms with Crippen LogP contribution in [0.15, 0.2) is 53.4 Å². The van der Waals surface area contributed by atoms with E-state index in [1.807, 2.05) is 0 Å². The second-order valence-electron chi connectivity index (χ2n) is 5.29. The molecule has 0 aliphatic carbocycles. The van der Waals surface area contributed by atoms with Crippen LogP contribution in [0.2, 0.25) is 5.15 Å². The number of nitrogens with one attached hydrogen (secondary N) is 1. The van der Waals surface area contributed by atoms with E-state index in [1.54, 1.807) is 12.1 Å². The molecule has 26 heavy (non-hydrogen) atoms. The molecule has 0 bridgehead atoms. The Balaban J connectivity index is 2.10. The van der Waals surface area contributed by atoms with Gasteiger partial charge in [0.15, 0.2) is 0 Å². The summed E-state index contributed by atoms with van der Waals surface area (Å²) in [6.45, 7) is 0. The summed E-state index contributed by atoms with van der Waals surface area (Å²) in [6.07, 6.45) is 0. The first-order valence-corrected chi connectivity index (χ1v) is 9.17. The van der Waals surface area contributed by atoms with Crippen LogP contribution in [-0.4, -0.2) is 31.6 Å². The van der Waals surface area contributed by atoms with E-state index >= 15 is 0 Å². The molecule has 3 aromatic rings. The largest absolute Gasteiger partial charge is 0.495 e. The van der Waals surface area contributed by atoms with Crippen molar-refractivity contribution in [3.63, 3.8) is 0 Å². The Morgan fingerprint density at radius 1 is 1.12 bits per heavy atom. The third-order valence-corrected chi connectivity index (χ3v) is 5.30. The second-order valence-corrected chi connectivity index (χ2v) is 7.29. The second kappa shape index (κ2) is 6.81. The lowest BCUT2D eigenvalue weighted by atomic mass is 10.2. The number of anilines is 1. The molecule has 1 aromatic heterocycles. The monoisotopic (exact) mass is 392 g/mol.